The average molecular weight is 259 g/mol. The van der Waals surface area contributed by atoms with Gasteiger partial charge >= 0.3 is 0 Å². The zero-order valence-corrected chi connectivity index (χ0v) is 11.2. The first-order valence-electron chi connectivity index (χ1n) is 6.04. The van der Waals surface area contributed by atoms with Crippen LogP contribution in [0.15, 0.2) is 54.6 Å². The Kier molecular flexibility index (Phi) is 4.00. The molecule has 0 unspecified atom stereocenters. The smallest absolute Gasteiger partial charge is 0.131 e. The van der Waals surface area contributed by atoms with E-state index >= 15 is 0 Å². The Morgan fingerprint density at radius 1 is 0.944 bits per heavy atom. The minimum Gasteiger partial charge on any atom is -0.222 e. The van der Waals surface area contributed by atoms with Gasteiger partial charge in [-0.2, -0.15) is 5.10 Å². The molecule has 1 aromatic carbocycles. The van der Waals surface area contributed by atoms with E-state index in [0.29, 0.717) is 5.15 Å². The minimum atomic E-state index is 0.625. The predicted molar refractivity (Wildman–Crippen MR) is 77.0 cm³/mol. The number of benzene rings is 1. The minimum absolute atomic E-state index is 0.625. The van der Waals surface area contributed by atoms with Crippen LogP contribution in [0.2, 0.25) is 5.15 Å². The Bertz CT molecular complexity index is 629. The van der Waals surface area contributed by atoms with E-state index in [4.69, 9.17) is 11.6 Å². The SMILES string of the molecule is CC.Clc1cccc2cc(-c3ccccc3)nn12. The molecule has 0 spiro atoms. The molecule has 3 heteroatoms. The lowest BCUT2D eigenvalue weighted by Gasteiger charge is -1.95. The maximum absolute atomic E-state index is 6.06. The molecule has 92 valence electrons. The predicted octanol–water partition coefficient (Wildman–Crippen LogP) is 4.68. The van der Waals surface area contributed by atoms with Crippen LogP contribution in [0.25, 0.3) is 16.8 Å². The Morgan fingerprint density at radius 3 is 2.33 bits per heavy atom. The Hall–Kier alpha value is -1.80. The van der Waals surface area contributed by atoms with Gasteiger partial charge in [0, 0.05) is 5.56 Å². The van der Waals surface area contributed by atoms with Crippen molar-refractivity contribution in [2.75, 3.05) is 0 Å². The topological polar surface area (TPSA) is 17.3 Å². The Labute approximate surface area is 112 Å². The van der Waals surface area contributed by atoms with Gasteiger partial charge in [0.05, 0.1) is 11.2 Å². The van der Waals surface area contributed by atoms with Crippen molar-refractivity contribution in [3.8, 4) is 11.3 Å². The summed E-state index contributed by atoms with van der Waals surface area (Å²) in [7, 11) is 0. The molecule has 0 aliphatic heterocycles. The van der Waals surface area contributed by atoms with Gasteiger partial charge in [-0.3, -0.25) is 0 Å². The molecule has 2 heterocycles. The molecule has 0 bridgehead atoms. The molecule has 0 radical (unpaired) electrons. The number of nitrogens with zero attached hydrogens (tertiary/aromatic N) is 2. The molecule has 0 aliphatic carbocycles. The van der Waals surface area contributed by atoms with Gasteiger partial charge in [0.15, 0.2) is 0 Å². The van der Waals surface area contributed by atoms with Crippen LogP contribution >= 0.6 is 11.6 Å². The summed E-state index contributed by atoms with van der Waals surface area (Å²) in [6.07, 6.45) is 0. The maximum Gasteiger partial charge on any atom is 0.131 e. The summed E-state index contributed by atoms with van der Waals surface area (Å²) in [5, 5.41) is 5.09. The monoisotopic (exact) mass is 258 g/mol. The molecule has 0 N–H and O–H groups in total. The highest BCUT2D eigenvalue weighted by molar-refractivity contribution is 6.29. The number of halogens is 1. The van der Waals surface area contributed by atoms with Crippen molar-refractivity contribution in [1.29, 1.82) is 0 Å². The highest BCUT2D eigenvalue weighted by Crippen LogP contribution is 2.21. The summed E-state index contributed by atoms with van der Waals surface area (Å²) < 4.78 is 1.74. The van der Waals surface area contributed by atoms with E-state index in [1.807, 2.05) is 68.4 Å². The van der Waals surface area contributed by atoms with E-state index in [1.54, 1.807) is 4.52 Å². The zero-order valence-electron chi connectivity index (χ0n) is 10.5. The second-order valence-electron chi connectivity index (χ2n) is 3.58. The highest BCUT2D eigenvalue weighted by atomic mass is 35.5. The summed E-state index contributed by atoms with van der Waals surface area (Å²) in [6, 6.07) is 17.8. The number of fused-ring (bicyclic) bond motifs is 1. The van der Waals surface area contributed by atoms with Crippen LogP contribution in [-0.2, 0) is 0 Å². The molecule has 0 aliphatic rings. The third kappa shape index (κ3) is 2.39. The van der Waals surface area contributed by atoms with Gasteiger partial charge in [-0.15, -0.1) is 0 Å². The first kappa shape index (κ1) is 12.7. The lowest BCUT2D eigenvalue weighted by Crippen LogP contribution is -1.88. The van der Waals surface area contributed by atoms with Crippen molar-refractivity contribution >= 4 is 17.1 Å². The summed E-state index contributed by atoms with van der Waals surface area (Å²) in [6.45, 7) is 4.00. The molecule has 0 amide bonds. The Balaban J connectivity index is 0.000000574. The standard InChI is InChI=1S/C13H9ClN2.C2H6/c14-13-8-4-7-11-9-12(15-16(11)13)10-5-2-1-3-6-10;1-2/h1-9H;1-2H3. The van der Waals surface area contributed by atoms with Crippen LogP contribution in [-0.4, -0.2) is 9.61 Å². The molecule has 3 rings (SSSR count). The van der Waals surface area contributed by atoms with Gasteiger partial charge in [-0.05, 0) is 18.2 Å². The fraction of sp³-hybridized carbons (Fsp3) is 0.133. The molecule has 0 atom stereocenters. The molecular formula is C15H15ClN2. The van der Waals surface area contributed by atoms with Crippen LogP contribution in [0.4, 0.5) is 0 Å². The van der Waals surface area contributed by atoms with Gasteiger partial charge in [-0.25, -0.2) is 4.52 Å². The summed E-state index contributed by atoms with van der Waals surface area (Å²) in [5.74, 6) is 0. The molecule has 18 heavy (non-hydrogen) atoms. The lowest BCUT2D eigenvalue weighted by atomic mass is 10.1. The van der Waals surface area contributed by atoms with Crippen molar-refractivity contribution in [2.45, 2.75) is 13.8 Å². The second-order valence-corrected chi connectivity index (χ2v) is 3.97. The van der Waals surface area contributed by atoms with Gasteiger partial charge < -0.3 is 0 Å². The van der Waals surface area contributed by atoms with E-state index in [2.05, 4.69) is 5.10 Å². The number of hydrogen-bond donors (Lipinski definition) is 0. The molecule has 3 aromatic rings. The van der Waals surface area contributed by atoms with E-state index in [1.165, 1.54) is 0 Å². The first-order chi connectivity index (χ1) is 8.84. The third-order valence-electron chi connectivity index (χ3n) is 2.51. The molecule has 0 fully saturated rings. The van der Waals surface area contributed by atoms with Crippen LogP contribution < -0.4 is 0 Å². The van der Waals surface area contributed by atoms with Crippen molar-refractivity contribution in [2.24, 2.45) is 0 Å². The largest absolute Gasteiger partial charge is 0.222 e. The summed E-state index contributed by atoms with van der Waals surface area (Å²) in [4.78, 5) is 0. The fourth-order valence-electron chi connectivity index (χ4n) is 1.73. The quantitative estimate of drug-likeness (QED) is 0.579. The molecule has 0 saturated heterocycles. The van der Waals surface area contributed by atoms with Crippen molar-refractivity contribution in [1.82, 2.24) is 9.61 Å². The number of rotatable bonds is 1. The molecular weight excluding hydrogens is 244 g/mol. The first-order valence-corrected chi connectivity index (χ1v) is 6.42. The molecule has 2 nitrogen and oxygen atoms in total. The Morgan fingerprint density at radius 2 is 1.67 bits per heavy atom. The molecule has 2 aromatic heterocycles. The van der Waals surface area contributed by atoms with Crippen LogP contribution in [0.1, 0.15) is 13.8 Å². The number of hydrogen-bond acceptors (Lipinski definition) is 1. The van der Waals surface area contributed by atoms with E-state index in [9.17, 15) is 0 Å². The number of aromatic nitrogens is 2. The average Bonchev–Trinajstić information content (AvgIpc) is 2.88. The highest BCUT2D eigenvalue weighted by Gasteiger charge is 2.05. The van der Waals surface area contributed by atoms with Crippen molar-refractivity contribution in [3.05, 3.63) is 59.8 Å². The number of pyridine rings is 1. The van der Waals surface area contributed by atoms with Crippen LogP contribution in [0.5, 0.6) is 0 Å². The van der Waals surface area contributed by atoms with Crippen molar-refractivity contribution < 1.29 is 0 Å². The second kappa shape index (κ2) is 5.69. The zero-order chi connectivity index (χ0) is 13.0. The lowest BCUT2D eigenvalue weighted by molar-refractivity contribution is 0.966. The maximum atomic E-state index is 6.06. The van der Waals surface area contributed by atoms with Gasteiger partial charge in [-0.1, -0.05) is 61.8 Å². The van der Waals surface area contributed by atoms with E-state index in [0.717, 1.165) is 16.8 Å². The summed E-state index contributed by atoms with van der Waals surface area (Å²) >= 11 is 6.06. The summed E-state index contributed by atoms with van der Waals surface area (Å²) in [5.41, 5.74) is 3.04. The van der Waals surface area contributed by atoms with Crippen LogP contribution in [0, 0.1) is 0 Å². The normalized spacial score (nSPS) is 9.94. The third-order valence-corrected chi connectivity index (χ3v) is 2.80. The van der Waals surface area contributed by atoms with Gasteiger partial charge in [0.1, 0.15) is 5.15 Å². The fourth-order valence-corrected chi connectivity index (χ4v) is 1.94. The molecule has 0 saturated carbocycles. The van der Waals surface area contributed by atoms with E-state index < -0.39 is 0 Å². The van der Waals surface area contributed by atoms with Crippen LogP contribution in [0.3, 0.4) is 0 Å². The van der Waals surface area contributed by atoms with Gasteiger partial charge in [0.2, 0.25) is 0 Å². The van der Waals surface area contributed by atoms with Gasteiger partial charge in [0.25, 0.3) is 0 Å². The van der Waals surface area contributed by atoms with E-state index in [-0.39, 0.29) is 0 Å². The van der Waals surface area contributed by atoms with Crippen molar-refractivity contribution in [3.63, 3.8) is 0 Å².